The average molecular weight is 265 g/mol. The first-order valence-corrected chi connectivity index (χ1v) is 7.57. The maximum absolute atomic E-state index is 12.2. The molecule has 0 radical (unpaired) electrons. The maximum atomic E-state index is 12.2. The molecule has 0 spiro atoms. The summed E-state index contributed by atoms with van der Waals surface area (Å²) in [5.41, 5.74) is 0. The van der Waals surface area contributed by atoms with E-state index in [0.29, 0.717) is 24.9 Å². The zero-order valence-electron chi connectivity index (χ0n) is 11.4. The molecular formula is C14H23N3O2. The lowest BCUT2D eigenvalue weighted by atomic mass is 9.99. The van der Waals surface area contributed by atoms with Gasteiger partial charge in [0, 0.05) is 25.6 Å². The van der Waals surface area contributed by atoms with Crippen LogP contribution in [-0.2, 0) is 4.79 Å². The number of rotatable bonds is 1. The molecule has 2 heterocycles. The van der Waals surface area contributed by atoms with E-state index in [9.17, 15) is 9.59 Å². The average Bonchev–Trinajstić information content (AvgIpc) is 2.97. The van der Waals surface area contributed by atoms with Crippen LogP contribution in [0.5, 0.6) is 0 Å². The summed E-state index contributed by atoms with van der Waals surface area (Å²) in [6.45, 7) is 1.47. The molecule has 2 aliphatic heterocycles. The molecule has 0 bridgehead atoms. The lowest BCUT2D eigenvalue weighted by Gasteiger charge is -2.20. The summed E-state index contributed by atoms with van der Waals surface area (Å²) < 4.78 is 0. The summed E-state index contributed by atoms with van der Waals surface area (Å²) in [5.74, 6) is 0.589. The molecule has 0 unspecified atom stereocenters. The Morgan fingerprint density at radius 3 is 2.74 bits per heavy atom. The first-order valence-electron chi connectivity index (χ1n) is 7.57. The fraction of sp³-hybridized carbons (Fsp3) is 0.857. The summed E-state index contributed by atoms with van der Waals surface area (Å²) in [6, 6.07) is 0.603. The fourth-order valence-electron chi connectivity index (χ4n) is 3.63. The Hall–Kier alpha value is -1.26. The summed E-state index contributed by atoms with van der Waals surface area (Å²) >= 11 is 0. The molecule has 1 aliphatic carbocycles. The quantitative estimate of drug-likeness (QED) is 0.749. The molecular weight excluding hydrogens is 242 g/mol. The zero-order valence-corrected chi connectivity index (χ0v) is 11.4. The minimum absolute atomic E-state index is 0.0641. The van der Waals surface area contributed by atoms with Crippen molar-refractivity contribution in [2.45, 2.75) is 57.0 Å². The Labute approximate surface area is 114 Å². The van der Waals surface area contributed by atoms with Crippen molar-refractivity contribution in [1.29, 1.82) is 0 Å². The molecule has 0 aromatic heterocycles. The van der Waals surface area contributed by atoms with E-state index in [1.54, 1.807) is 0 Å². The van der Waals surface area contributed by atoms with E-state index in [1.165, 1.54) is 12.8 Å². The topological polar surface area (TPSA) is 61.4 Å². The third-order valence-corrected chi connectivity index (χ3v) is 4.74. The number of hydrogen-bond acceptors (Lipinski definition) is 2. The van der Waals surface area contributed by atoms with Gasteiger partial charge in [0.1, 0.15) is 0 Å². The van der Waals surface area contributed by atoms with Crippen molar-refractivity contribution in [3.63, 3.8) is 0 Å². The maximum Gasteiger partial charge on any atom is 0.317 e. The van der Waals surface area contributed by atoms with Crippen molar-refractivity contribution in [1.82, 2.24) is 15.5 Å². The van der Waals surface area contributed by atoms with Gasteiger partial charge in [-0.25, -0.2) is 4.79 Å². The predicted octanol–water partition coefficient (Wildman–Crippen LogP) is 1.24. The smallest absolute Gasteiger partial charge is 0.317 e. The van der Waals surface area contributed by atoms with E-state index in [1.807, 2.05) is 4.90 Å². The SMILES string of the molecule is O=C1CCC[C@@H]2CN(C(=O)NC3CCCC3)C[C@@H]2N1. The van der Waals surface area contributed by atoms with Gasteiger partial charge >= 0.3 is 6.03 Å². The highest BCUT2D eigenvalue weighted by Crippen LogP contribution is 2.25. The largest absolute Gasteiger partial charge is 0.351 e. The van der Waals surface area contributed by atoms with Crippen LogP contribution in [0.4, 0.5) is 4.79 Å². The highest BCUT2D eigenvalue weighted by Gasteiger charge is 2.37. The molecule has 5 nitrogen and oxygen atoms in total. The second kappa shape index (κ2) is 5.39. The molecule has 0 aromatic carbocycles. The van der Waals surface area contributed by atoms with Crippen LogP contribution >= 0.6 is 0 Å². The lowest BCUT2D eigenvalue weighted by molar-refractivity contribution is -0.121. The van der Waals surface area contributed by atoms with Gasteiger partial charge in [-0.1, -0.05) is 12.8 Å². The molecule has 0 aromatic rings. The van der Waals surface area contributed by atoms with Gasteiger partial charge in [0.05, 0.1) is 6.04 Å². The molecule has 3 fully saturated rings. The zero-order chi connectivity index (χ0) is 13.2. The Bertz CT molecular complexity index is 366. The van der Waals surface area contributed by atoms with Gasteiger partial charge in [-0.2, -0.15) is 0 Å². The van der Waals surface area contributed by atoms with Gasteiger partial charge in [0.2, 0.25) is 5.91 Å². The number of nitrogens with zero attached hydrogens (tertiary/aromatic N) is 1. The van der Waals surface area contributed by atoms with E-state index >= 15 is 0 Å². The molecule has 19 heavy (non-hydrogen) atoms. The van der Waals surface area contributed by atoms with Crippen LogP contribution in [0, 0.1) is 5.92 Å². The van der Waals surface area contributed by atoms with Crippen molar-refractivity contribution in [3.05, 3.63) is 0 Å². The second-order valence-electron chi connectivity index (χ2n) is 6.16. The van der Waals surface area contributed by atoms with Gasteiger partial charge in [0.15, 0.2) is 0 Å². The number of likely N-dealkylation sites (tertiary alicyclic amines) is 1. The summed E-state index contributed by atoms with van der Waals surface area (Å²) in [4.78, 5) is 25.7. The van der Waals surface area contributed by atoms with Crippen LogP contribution < -0.4 is 10.6 Å². The minimum Gasteiger partial charge on any atom is -0.351 e. The van der Waals surface area contributed by atoms with Gasteiger partial charge in [-0.3, -0.25) is 4.79 Å². The van der Waals surface area contributed by atoms with Gasteiger partial charge in [0.25, 0.3) is 0 Å². The highest BCUT2D eigenvalue weighted by molar-refractivity contribution is 5.78. The van der Waals surface area contributed by atoms with Crippen molar-refractivity contribution in [2.75, 3.05) is 13.1 Å². The Morgan fingerprint density at radius 1 is 1.16 bits per heavy atom. The van der Waals surface area contributed by atoms with Crippen molar-refractivity contribution < 1.29 is 9.59 Å². The van der Waals surface area contributed by atoms with E-state index in [2.05, 4.69) is 10.6 Å². The lowest BCUT2D eigenvalue weighted by Crippen LogP contribution is -2.44. The second-order valence-corrected chi connectivity index (χ2v) is 6.16. The van der Waals surface area contributed by atoms with Crippen molar-refractivity contribution in [2.24, 2.45) is 5.92 Å². The molecule has 2 atom stereocenters. The number of nitrogens with one attached hydrogen (secondary N) is 2. The van der Waals surface area contributed by atoms with Gasteiger partial charge in [-0.15, -0.1) is 0 Å². The van der Waals surface area contributed by atoms with Crippen LogP contribution in [0.1, 0.15) is 44.9 Å². The van der Waals surface area contributed by atoms with Gasteiger partial charge < -0.3 is 15.5 Å². The summed E-state index contributed by atoms with van der Waals surface area (Å²) in [5, 5.41) is 6.19. The number of urea groups is 1. The normalized spacial score (nSPS) is 31.8. The fourth-order valence-corrected chi connectivity index (χ4v) is 3.63. The molecule has 5 heteroatoms. The van der Waals surface area contributed by atoms with Crippen molar-refractivity contribution >= 4 is 11.9 Å². The van der Waals surface area contributed by atoms with Crippen LogP contribution in [0.15, 0.2) is 0 Å². The molecule has 106 valence electrons. The van der Waals surface area contributed by atoms with Crippen molar-refractivity contribution in [3.8, 4) is 0 Å². The molecule has 3 aliphatic rings. The summed E-state index contributed by atoms with van der Waals surface area (Å²) in [7, 11) is 0. The van der Waals surface area contributed by atoms with Crippen LogP contribution in [-0.4, -0.2) is 42.0 Å². The van der Waals surface area contributed by atoms with Gasteiger partial charge in [-0.05, 0) is 31.6 Å². The molecule has 3 amide bonds. The number of amides is 3. The number of carbonyl (C=O) groups is 2. The molecule has 3 rings (SSSR count). The van der Waals surface area contributed by atoms with E-state index < -0.39 is 0 Å². The van der Waals surface area contributed by atoms with E-state index in [0.717, 1.165) is 32.2 Å². The summed E-state index contributed by atoms with van der Waals surface area (Å²) in [6.07, 6.45) is 7.33. The molecule has 2 saturated heterocycles. The minimum atomic E-state index is 0.0641. The third-order valence-electron chi connectivity index (χ3n) is 4.74. The first-order chi connectivity index (χ1) is 9.22. The molecule has 1 saturated carbocycles. The molecule has 2 N–H and O–H groups in total. The standard InChI is InChI=1S/C14H23N3O2/c18-13-7-3-4-10-8-17(9-12(10)16-13)14(19)15-11-5-1-2-6-11/h10-12H,1-9H2,(H,15,19)(H,16,18)/t10-,12+/m1/s1. The highest BCUT2D eigenvalue weighted by atomic mass is 16.2. The first kappa shape index (κ1) is 12.8. The van der Waals surface area contributed by atoms with Crippen LogP contribution in [0.2, 0.25) is 0 Å². The van der Waals surface area contributed by atoms with E-state index in [4.69, 9.17) is 0 Å². The number of carbonyl (C=O) groups excluding carboxylic acids is 2. The Kier molecular flexibility index (Phi) is 3.62. The monoisotopic (exact) mass is 265 g/mol. The number of fused-ring (bicyclic) bond motifs is 1. The third kappa shape index (κ3) is 2.85. The van der Waals surface area contributed by atoms with E-state index in [-0.39, 0.29) is 18.0 Å². The Morgan fingerprint density at radius 2 is 1.95 bits per heavy atom. The predicted molar refractivity (Wildman–Crippen MR) is 71.6 cm³/mol. The van der Waals surface area contributed by atoms with Crippen LogP contribution in [0.3, 0.4) is 0 Å². The van der Waals surface area contributed by atoms with Crippen LogP contribution in [0.25, 0.3) is 0 Å². The Balaban J connectivity index is 1.55. The number of hydrogen-bond donors (Lipinski definition) is 2.